The van der Waals surface area contributed by atoms with Crippen LogP contribution in [0.3, 0.4) is 0 Å². The molecule has 1 atom stereocenters. The van der Waals surface area contributed by atoms with Crippen molar-refractivity contribution in [2.45, 2.75) is 39.3 Å². The van der Waals surface area contributed by atoms with Crippen molar-refractivity contribution in [3.63, 3.8) is 0 Å². The highest BCUT2D eigenvalue weighted by atomic mass is 16.2. The Morgan fingerprint density at radius 3 is 2.63 bits per heavy atom. The van der Waals surface area contributed by atoms with Crippen LogP contribution in [-0.2, 0) is 6.54 Å². The summed E-state index contributed by atoms with van der Waals surface area (Å²) in [6, 6.07) is 16.1. The van der Waals surface area contributed by atoms with E-state index < -0.39 is 0 Å². The van der Waals surface area contributed by atoms with Crippen LogP contribution in [0.4, 0.5) is 0 Å². The molecular weight excluding hydrogens is 338 g/mol. The molecule has 0 bridgehead atoms. The first kappa shape index (κ1) is 17.4. The van der Waals surface area contributed by atoms with E-state index in [1.165, 1.54) is 12.8 Å². The van der Waals surface area contributed by atoms with E-state index in [4.69, 9.17) is 0 Å². The number of amides is 1. The van der Waals surface area contributed by atoms with Gasteiger partial charge >= 0.3 is 0 Å². The van der Waals surface area contributed by atoms with Crippen LogP contribution in [0.2, 0.25) is 0 Å². The Kier molecular flexibility index (Phi) is 4.71. The minimum atomic E-state index is 0.0737. The molecule has 0 N–H and O–H groups in total. The van der Waals surface area contributed by atoms with Crippen LogP contribution in [0, 0.1) is 12.8 Å². The maximum absolute atomic E-state index is 13.4. The molecule has 27 heavy (non-hydrogen) atoms. The third kappa shape index (κ3) is 3.74. The van der Waals surface area contributed by atoms with Gasteiger partial charge in [-0.25, -0.2) is 4.68 Å². The van der Waals surface area contributed by atoms with Crippen molar-refractivity contribution < 1.29 is 4.79 Å². The molecule has 3 aromatic rings. The van der Waals surface area contributed by atoms with Gasteiger partial charge in [0.1, 0.15) is 6.33 Å². The highest BCUT2D eigenvalue weighted by Crippen LogP contribution is 2.36. The first-order chi connectivity index (χ1) is 13.1. The number of hydrogen-bond donors (Lipinski definition) is 0. The van der Waals surface area contributed by atoms with Gasteiger partial charge in [0.05, 0.1) is 5.69 Å². The van der Waals surface area contributed by atoms with Crippen LogP contribution in [0.15, 0.2) is 54.9 Å². The summed E-state index contributed by atoms with van der Waals surface area (Å²) in [6.45, 7) is 4.77. The fraction of sp³-hybridized carbons (Fsp3) is 0.333. The van der Waals surface area contributed by atoms with Gasteiger partial charge in [-0.2, -0.15) is 0 Å². The molecule has 0 radical (unpaired) electrons. The van der Waals surface area contributed by atoms with Crippen LogP contribution in [0.1, 0.15) is 41.3 Å². The van der Waals surface area contributed by atoms with E-state index >= 15 is 0 Å². The molecule has 4 rings (SSSR count). The Morgan fingerprint density at radius 1 is 1.22 bits per heavy atom. The highest BCUT2D eigenvalue weighted by Gasteiger charge is 2.34. The van der Waals surface area contributed by atoms with Gasteiger partial charge < -0.3 is 4.90 Å². The van der Waals surface area contributed by atoms with E-state index in [-0.39, 0.29) is 11.9 Å². The predicted molar refractivity (Wildman–Crippen MR) is 102 cm³/mol. The maximum Gasteiger partial charge on any atom is 0.254 e. The number of carbonyl (C=O) groups is 1. The van der Waals surface area contributed by atoms with Gasteiger partial charge in [-0.3, -0.25) is 4.79 Å². The number of hydrogen-bond acceptors (Lipinski definition) is 4. The largest absolute Gasteiger partial charge is 0.331 e. The molecule has 1 fully saturated rings. The second-order valence-electron chi connectivity index (χ2n) is 7.25. The molecule has 0 saturated heterocycles. The summed E-state index contributed by atoms with van der Waals surface area (Å²) in [4.78, 5) is 15.4. The number of rotatable bonds is 6. The molecular formula is C21H23N5O. The lowest BCUT2D eigenvalue weighted by molar-refractivity contribution is 0.0654. The Morgan fingerprint density at radius 2 is 2.00 bits per heavy atom. The van der Waals surface area contributed by atoms with E-state index in [0.717, 1.165) is 16.8 Å². The van der Waals surface area contributed by atoms with Crippen molar-refractivity contribution in [1.29, 1.82) is 0 Å². The minimum Gasteiger partial charge on any atom is -0.331 e. The number of carbonyl (C=O) groups excluding carboxylic acids is 1. The molecule has 1 heterocycles. The topological polar surface area (TPSA) is 63.9 Å². The van der Waals surface area contributed by atoms with Crippen LogP contribution < -0.4 is 0 Å². The van der Waals surface area contributed by atoms with Crippen LogP contribution >= 0.6 is 0 Å². The molecule has 6 nitrogen and oxygen atoms in total. The van der Waals surface area contributed by atoms with Crippen LogP contribution in [0.5, 0.6) is 0 Å². The molecule has 1 aliphatic rings. The molecule has 0 spiro atoms. The maximum atomic E-state index is 13.4. The van der Waals surface area contributed by atoms with E-state index in [1.807, 2.05) is 48.2 Å². The van der Waals surface area contributed by atoms with Crippen molar-refractivity contribution in [3.05, 3.63) is 71.5 Å². The summed E-state index contributed by atoms with van der Waals surface area (Å²) in [5.41, 5.74) is 3.70. The lowest BCUT2D eigenvalue weighted by Crippen LogP contribution is -2.39. The summed E-state index contributed by atoms with van der Waals surface area (Å²) in [6.07, 6.45) is 3.97. The third-order valence-corrected chi connectivity index (χ3v) is 5.29. The average molecular weight is 361 g/mol. The van der Waals surface area contributed by atoms with E-state index in [9.17, 15) is 4.79 Å². The van der Waals surface area contributed by atoms with Crippen molar-refractivity contribution >= 4 is 5.91 Å². The van der Waals surface area contributed by atoms with Gasteiger partial charge in [0, 0.05) is 18.2 Å². The van der Waals surface area contributed by atoms with Crippen molar-refractivity contribution in [2.24, 2.45) is 5.92 Å². The zero-order valence-electron chi connectivity index (χ0n) is 15.6. The summed E-state index contributed by atoms with van der Waals surface area (Å²) in [5, 5.41) is 11.3. The van der Waals surface area contributed by atoms with Gasteiger partial charge in [0.2, 0.25) is 0 Å². The first-order valence-corrected chi connectivity index (χ1v) is 9.32. The SMILES string of the molecule is Cc1cc(C(=O)N(Cc2ccccc2)C(C)C2CC2)ccc1-n1cnnn1. The molecule has 1 aliphatic carbocycles. The van der Waals surface area contributed by atoms with Gasteiger partial charge in [-0.15, -0.1) is 5.10 Å². The predicted octanol–water partition coefficient (Wildman–Crippen LogP) is 3.41. The Labute approximate surface area is 158 Å². The molecule has 138 valence electrons. The number of aryl methyl sites for hydroxylation is 1. The average Bonchev–Trinajstić information content (AvgIpc) is 3.41. The van der Waals surface area contributed by atoms with E-state index in [2.05, 4.69) is 34.6 Å². The number of aromatic nitrogens is 4. The van der Waals surface area contributed by atoms with Crippen molar-refractivity contribution in [3.8, 4) is 5.69 Å². The zero-order chi connectivity index (χ0) is 18.8. The van der Waals surface area contributed by atoms with E-state index in [1.54, 1.807) is 11.0 Å². The van der Waals surface area contributed by atoms with E-state index in [0.29, 0.717) is 18.0 Å². The second kappa shape index (κ2) is 7.31. The normalized spacial score (nSPS) is 14.7. The summed E-state index contributed by atoms with van der Waals surface area (Å²) < 4.78 is 1.61. The first-order valence-electron chi connectivity index (χ1n) is 9.32. The molecule has 1 aromatic heterocycles. The lowest BCUT2D eigenvalue weighted by Gasteiger charge is -2.30. The highest BCUT2D eigenvalue weighted by molar-refractivity contribution is 5.95. The molecule has 6 heteroatoms. The Balaban J connectivity index is 1.61. The zero-order valence-corrected chi connectivity index (χ0v) is 15.6. The molecule has 1 saturated carbocycles. The quantitative estimate of drug-likeness (QED) is 0.675. The smallest absolute Gasteiger partial charge is 0.254 e. The van der Waals surface area contributed by atoms with Crippen LogP contribution in [0.25, 0.3) is 5.69 Å². The third-order valence-electron chi connectivity index (χ3n) is 5.29. The van der Waals surface area contributed by atoms with Crippen LogP contribution in [-0.4, -0.2) is 37.1 Å². The molecule has 2 aromatic carbocycles. The monoisotopic (exact) mass is 361 g/mol. The summed E-state index contributed by atoms with van der Waals surface area (Å²) >= 11 is 0. The fourth-order valence-electron chi connectivity index (χ4n) is 3.50. The lowest BCUT2D eigenvalue weighted by atomic mass is 10.1. The number of nitrogens with zero attached hydrogens (tertiary/aromatic N) is 5. The van der Waals surface area contributed by atoms with Crippen molar-refractivity contribution in [2.75, 3.05) is 0 Å². The summed E-state index contributed by atoms with van der Waals surface area (Å²) in [7, 11) is 0. The Bertz CT molecular complexity index is 919. The van der Waals surface area contributed by atoms with Gasteiger partial charge in [0.25, 0.3) is 5.91 Å². The van der Waals surface area contributed by atoms with Gasteiger partial charge in [-0.05, 0) is 72.4 Å². The minimum absolute atomic E-state index is 0.0737. The van der Waals surface area contributed by atoms with Crippen molar-refractivity contribution in [1.82, 2.24) is 25.1 Å². The fourth-order valence-corrected chi connectivity index (χ4v) is 3.50. The second-order valence-corrected chi connectivity index (χ2v) is 7.25. The summed E-state index contributed by atoms with van der Waals surface area (Å²) in [5.74, 6) is 0.684. The standard InChI is InChI=1S/C21H23N5O/c1-15-12-19(10-11-20(15)26-14-22-23-24-26)21(27)25(16(2)18-8-9-18)13-17-6-4-3-5-7-17/h3-7,10-12,14,16,18H,8-9,13H2,1-2H3. The molecule has 1 amide bonds. The molecule has 1 unspecified atom stereocenters. The Hall–Kier alpha value is -3.02. The number of tetrazole rings is 1. The van der Waals surface area contributed by atoms with Gasteiger partial charge in [0.15, 0.2) is 0 Å². The number of benzene rings is 2. The molecule has 0 aliphatic heterocycles. The van der Waals surface area contributed by atoms with Gasteiger partial charge in [-0.1, -0.05) is 30.3 Å².